The number of hydrogen-bond donors (Lipinski definition) is 3. The fraction of sp³-hybridized carbons (Fsp3) is 0.263. The highest BCUT2D eigenvalue weighted by Crippen LogP contribution is 2.20. The molecule has 3 N–H and O–H groups in total. The molecule has 0 spiro atoms. The number of carbonyl (C=O) groups is 2. The van der Waals surface area contributed by atoms with Gasteiger partial charge in [-0.1, -0.05) is 6.07 Å². The van der Waals surface area contributed by atoms with Crippen molar-refractivity contribution in [2.24, 2.45) is 0 Å². The molecule has 2 aromatic rings. The molecule has 0 heterocycles. The number of anilines is 1. The van der Waals surface area contributed by atoms with Gasteiger partial charge in [-0.05, 0) is 56.3 Å². The van der Waals surface area contributed by atoms with Crippen LogP contribution in [-0.2, 0) is 19.6 Å². The van der Waals surface area contributed by atoms with Gasteiger partial charge in [-0.3, -0.25) is 25.2 Å². The van der Waals surface area contributed by atoms with Crippen molar-refractivity contribution in [2.75, 3.05) is 18.4 Å². The van der Waals surface area contributed by atoms with E-state index in [9.17, 15) is 18.0 Å². The fourth-order valence-corrected chi connectivity index (χ4v) is 3.40. The SMILES string of the molecule is CCOC(C)C(=O)NNC(=O)c1cccc(S(=O)(=O)Nc2ccc(OC)cc2)c1. The summed E-state index contributed by atoms with van der Waals surface area (Å²) in [5, 5.41) is 0. The third-order valence-corrected chi connectivity index (χ3v) is 5.21. The lowest BCUT2D eigenvalue weighted by Gasteiger charge is -2.13. The van der Waals surface area contributed by atoms with Crippen LogP contribution in [0.5, 0.6) is 5.75 Å². The molecule has 0 aromatic heterocycles. The predicted octanol–water partition coefficient (Wildman–Crippen LogP) is 1.68. The van der Waals surface area contributed by atoms with E-state index in [1.165, 1.54) is 31.4 Å². The molecule has 1 atom stereocenters. The maximum absolute atomic E-state index is 12.6. The number of amides is 2. The van der Waals surface area contributed by atoms with Crippen molar-refractivity contribution < 1.29 is 27.5 Å². The number of nitrogens with one attached hydrogen (secondary N) is 3. The Morgan fingerprint density at radius 2 is 1.76 bits per heavy atom. The minimum absolute atomic E-state index is 0.0620. The van der Waals surface area contributed by atoms with E-state index in [4.69, 9.17) is 9.47 Å². The van der Waals surface area contributed by atoms with Gasteiger partial charge in [0.15, 0.2) is 0 Å². The van der Waals surface area contributed by atoms with Crippen LogP contribution < -0.4 is 20.3 Å². The van der Waals surface area contributed by atoms with Gasteiger partial charge in [0.05, 0.1) is 12.0 Å². The second-order valence-corrected chi connectivity index (χ2v) is 7.59. The first-order valence-electron chi connectivity index (χ1n) is 8.75. The number of hydrazine groups is 1. The normalized spacial score (nSPS) is 12.0. The van der Waals surface area contributed by atoms with Gasteiger partial charge in [0, 0.05) is 17.9 Å². The Morgan fingerprint density at radius 1 is 1.07 bits per heavy atom. The van der Waals surface area contributed by atoms with Gasteiger partial charge in [0.2, 0.25) is 0 Å². The Labute approximate surface area is 169 Å². The van der Waals surface area contributed by atoms with Crippen LogP contribution in [0.15, 0.2) is 53.4 Å². The summed E-state index contributed by atoms with van der Waals surface area (Å²) in [6.45, 7) is 3.64. The topological polar surface area (TPSA) is 123 Å². The van der Waals surface area contributed by atoms with Crippen molar-refractivity contribution >= 4 is 27.5 Å². The lowest BCUT2D eigenvalue weighted by molar-refractivity contribution is -0.132. The summed E-state index contributed by atoms with van der Waals surface area (Å²) in [4.78, 5) is 23.9. The van der Waals surface area contributed by atoms with Gasteiger partial charge in [-0.2, -0.15) is 0 Å². The molecule has 10 heteroatoms. The zero-order chi connectivity index (χ0) is 21.4. The monoisotopic (exact) mass is 421 g/mol. The number of carbonyl (C=O) groups excluding carboxylic acids is 2. The molecule has 1 unspecified atom stereocenters. The molecule has 9 nitrogen and oxygen atoms in total. The Balaban J connectivity index is 2.08. The molecule has 0 aliphatic rings. The van der Waals surface area contributed by atoms with E-state index >= 15 is 0 Å². The zero-order valence-corrected chi connectivity index (χ0v) is 17.1. The van der Waals surface area contributed by atoms with Crippen molar-refractivity contribution in [1.29, 1.82) is 0 Å². The van der Waals surface area contributed by atoms with Crippen LogP contribution in [0.4, 0.5) is 5.69 Å². The Morgan fingerprint density at radius 3 is 2.38 bits per heavy atom. The van der Waals surface area contributed by atoms with Crippen molar-refractivity contribution in [3.63, 3.8) is 0 Å². The van der Waals surface area contributed by atoms with E-state index in [2.05, 4.69) is 15.6 Å². The fourth-order valence-electron chi connectivity index (χ4n) is 2.30. The van der Waals surface area contributed by atoms with E-state index < -0.39 is 27.9 Å². The summed E-state index contributed by atoms with van der Waals surface area (Å²) in [5.41, 5.74) is 4.87. The number of methoxy groups -OCH3 is 1. The van der Waals surface area contributed by atoms with Crippen LogP contribution in [0, 0.1) is 0 Å². The highest BCUT2D eigenvalue weighted by atomic mass is 32.2. The molecule has 2 rings (SSSR count). The summed E-state index contributed by atoms with van der Waals surface area (Å²) >= 11 is 0. The first kappa shape index (κ1) is 22.2. The maximum Gasteiger partial charge on any atom is 0.269 e. The zero-order valence-electron chi connectivity index (χ0n) is 16.3. The van der Waals surface area contributed by atoms with Crippen LogP contribution in [0.25, 0.3) is 0 Å². The molecular weight excluding hydrogens is 398 g/mol. The molecule has 0 radical (unpaired) electrons. The van der Waals surface area contributed by atoms with E-state index in [0.29, 0.717) is 18.0 Å². The van der Waals surface area contributed by atoms with E-state index in [-0.39, 0.29) is 10.5 Å². The first-order chi connectivity index (χ1) is 13.8. The van der Waals surface area contributed by atoms with E-state index in [0.717, 1.165) is 0 Å². The van der Waals surface area contributed by atoms with Gasteiger partial charge >= 0.3 is 0 Å². The minimum atomic E-state index is -3.92. The molecule has 0 saturated carbocycles. The lowest BCUT2D eigenvalue weighted by atomic mass is 10.2. The van der Waals surface area contributed by atoms with Crippen LogP contribution in [-0.4, -0.2) is 40.1 Å². The second kappa shape index (κ2) is 9.89. The highest BCUT2D eigenvalue weighted by molar-refractivity contribution is 7.92. The van der Waals surface area contributed by atoms with Crippen LogP contribution in [0.2, 0.25) is 0 Å². The number of sulfonamides is 1. The summed E-state index contributed by atoms with van der Waals surface area (Å²) in [5.74, 6) is -0.596. The van der Waals surface area contributed by atoms with Crippen molar-refractivity contribution in [2.45, 2.75) is 24.8 Å². The quantitative estimate of drug-likeness (QED) is 0.558. The standard InChI is InChI=1S/C19H23N3O6S/c1-4-28-13(2)18(23)20-21-19(24)14-6-5-7-17(12-14)29(25,26)22-15-8-10-16(27-3)11-9-15/h5-13,22H,4H2,1-3H3,(H,20,23)(H,21,24). The van der Waals surface area contributed by atoms with Crippen molar-refractivity contribution in [3.05, 3.63) is 54.1 Å². The molecule has 0 fully saturated rings. The van der Waals surface area contributed by atoms with Gasteiger partial charge < -0.3 is 9.47 Å². The third-order valence-electron chi connectivity index (χ3n) is 3.83. The molecule has 0 saturated heterocycles. The number of hydrogen-bond acceptors (Lipinski definition) is 6. The van der Waals surface area contributed by atoms with Gasteiger partial charge in [-0.15, -0.1) is 0 Å². The van der Waals surface area contributed by atoms with Crippen LogP contribution >= 0.6 is 0 Å². The minimum Gasteiger partial charge on any atom is -0.497 e. The predicted molar refractivity (Wildman–Crippen MR) is 107 cm³/mol. The van der Waals surface area contributed by atoms with Gasteiger partial charge in [-0.25, -0.2) is 8.42 Å². The third kappa shape index (κ3) is 6.19. The molecule has 156 valence electrons. The summed E-state index contributed by atoms with van der Waals surface area (Å²) in [7, 11) is -2.41. The summed E-state index contributed by atoms with van der Waals surface area (Å²) < 4.78 is 37.8. The smallest absolute Gasteiger partial charge is 0.269 e. The van der Waals surface area contributed by atoms with Gasteiger partial charge in [0.1, 0.15) is 11.9 Å². The summed E-state index contributed by atoms with van der Waals surface area (Å²) in [6.07, 6.45) is -0.735. The van der Waals surface area contributed by atoms with Crippen molar-refractivity contribution in [1.82, 2.24) is 10.9 Å². The molecule has 29 heavy (non-hydrogen) atoms. The molecular formula is C19H23N3O6S. The average Bonchev–Trinajstić information content (AvgIpc) is 2.72. The molecule has 0 aliphatic heterocycles. The average molecular weight is 421 g/mol. The number of rotatable bonds is 8. The van der Waals surface area contributed by atoms with E-state index in [1.54, 1.807) is 38.1 Å². The van der Waals surface area contributed by atoms with Gasteiger partial charge in [0.25, 0.3) is 21.8 Å². The number of benzene rings is 2. The van der Waals surface area contributed by atoms with Crippen LogP contribution in [0.3, 0.4) is 0 Å². The maximum atomic E-state index is 12.6. The van der Waals surface area contributed by atoms with Crippen LogP contribution in [0.1, 0.15) is 24.2 Å². The molecule has 0 aliphatic carbocycles. The highest BCUT2D eigenvalue weighted by Gasteiger charge is 2.18. The van der Waals surface area contributed by atoms with Crippen molar-refractivity contribution in [3.8, 4) is 5.75 Å². The molecule has 0 bridgehead atoms. The Bertz CT molecular complexity index is 960. The summed E-state index contributed by atoms with van der Waals surface area (Å²) in [6, 6.07) is 11.8. The largest absolute Gasteiger partial charge is 0.497 e. The Kier molecular flexibility index (Phi) is 7.57. The molecule has 2 aromatic carbocycles. The Hall–Kier alpha value is -3.11. The van der Waals surface area contributed by atoms with E-state index in [1.807, 2.05) is 0 Å². The second-order valence-electron chi connectivity index (χ2n) is 5.90. The first-order valence-corrected chi connectivity index (χ1v) is 10.2. The molecule has 2 amide bonds. The number of ether oxygens (including phenoxy) is 2. The lowest BCUT2D eigenvalue weighted by Crippen LogP contribution is -2.46.